The maximum absolute atomic E-state index is 12.3. The van der Waals surface area contributed by atoms with Crippen LogP contribution in [0.25, 0.3) is 10.9 Å². The summed E-state index contributed by atoms with van der Waals surface area (Å²) in [5.41, 5.74) is 3.05. The molecule has 0 spiro atoms. The average Bonchev–Trinajstić information content (AvgIpc) is 3.09. The van der Waals surface area contributed by atoms with Gasteiger partial charge >= 0.3 is 0 Å². The molecule has 0 saturated heterocycles. The van der Waals surface area contributed by atoms with Gasteiger partial charge in [0.15, 0.2) is 5.82 Å². The zero-order valence-electron chi connectivity index (χ0n) is 16.7. The topological polar surface area (TPSA) is 96.8 Å². The molecule has 0 atom stereocenters. The third-order valence-corrected chi connectivity index (χ3v) is 4.70. The van der Waals surface area contributed by atoms with E-state index in [1.54, 1.807) is 12.4 Å². The van der Waals surface area contributed by atoms with E-state index in [2.05, 4.69) is 37.2 Å². The van der Waals surface area contributed by atoms with Crippen LogP contribution >= 0.6 is 0 Å². The molecule has 4 aromatic rings. The molecule has 152 valence electrons. The van der Waals surface area contributed by atoms with Crippen molar-refractivity contribution in [2.75, 3.05) is 23.7 Å². The number of anilines is 3. The number of para-hydroxylation sites is 1. The molecular formula is C22H23N7O. The summed E-state index contributed by atoms with van der Waals surface area (Å²) in [5, 5.41) is 18.6. The number of benzene rings is 1. The number of nitrogens with zero attached hydrogens (tertiary/aromatic N) is 4. The molecule has 0 unspecified atom stereocenters. The van der Waals surface area contributed by atoms with Gasteiger partial charge in [0.2, 0.25) is 5.91 Å². The van der Waals surface area contributed by atoms with Gasteiger partial charge in [-0.25, -0.2) is 0 Å². The first-order chi connectivity index (χ1) is 14.7. The van der Waals surface area contributed by atoms with Crippen molar-refractivity contribution in [1.29, 1.82) is 0 Å². The van der Waals surface area contributed by atoms with Gasteiger partial charge in [-0.05, 0) is 35.9 Å². The molecule has 0 bridgehead atoms. The Balaban J connectivity index is 1.22. The van der Waals surface area contributed by atoms with Crippen LogP contribution in [0, 0.1) is 0 Å². The van der Waals surface area contributed by atoms with Crippen molar-refractivity contribution >= 4 is 34.1 Å². The van der Waals surface area contributed by atoms with E-state index in [1.807, 2.05) is 60.3 Å². The molecule has 0 aliphatic rings. The van der Waals surface area contributed by atoms with Crippen molar-refractivity contribution in [1.82, 2.24) is 25.1 Å². The second-order valence-corrected chi connectivity index (χ2v) is 6.90. The maximum Gasteiger partial charge on any atom is 0.224 e. The summed E-state index contributed by atoms with van der Waals surface area (Å²) < 4.78 is 2.05. The van der Waals surface area contributed by atoms with Gasteiger partial charge in [-0.15, -0.1) is 10.2 Å². The molecule has 3 N–H and O–H groups in total. The summed E-state index contributed by atoms with van der Waals surface area (Å²) in [7, 11) is 1.99. The molecule has 0 aliphatic carbocycles. The maximum atomic E-state index is 12.3. The van der Waals surface area contributed by atoms with E-state index in [9.17, 15) is 4.79 Å². The minimum atomic E-state index is -0.00358. The molecule has 1 amide bonds. The van der Waals surface area contributed by atoms with Gasteiger partial charge in [-0.2, -0.15) is 0 Å². The van der Waals surface area contributed by atoms with Gasteiger partial charge in [-0.3, -0.25) is 9.78 Å². The Hall–Kier alpha value is -3.94. The lowest BCUT2D eigenvalue weighted by Gasteiger charge is -2.08. The van der Waals surface area contributed by atoms with Crippen LogP contribution in [0.5, 0.6) is 0 Å². The number of nitrogens with one attached hydrogen (secondary N) is 3. The van der Waals surface area contributed by atoms with E-state index in [0.29, 0.717) is 31.1 Å². The Bertz CT molecular complexity index is 1120. The number of fused-ring (bicyclic) bond motifs is 1. The standard InChI is InChI=1S/C22H23N7O/c1-29-15-16(18-4-2-3-5-19(18)29)14-22(30)25-13-12-24-20-6-7-21(28-27-20)26-17-8-10-23-11-9-17/h2-11,15H,12-14H2,1H3,(H,24,27)(H,25,30)(H,23,26,28). The number of carbonyl (C=O) groups is 1. The smallest absolute Gasteiger partial charge is 0.224 e. The number of carbonyl (C=O) groups excluding carboxylic acids is 1. The van der Waals surface area contributed by atoms with Crippen LogP contribution in [-0.2, 0) is 18.3 Å². The van der Waals surface area contributed by atoms with Crippen LogP contribution in [0.4, 0.5) is 17.3 Å². The Labute approximate surface area is 174 Å². The molecule has 0 fully saturated rings. The lowest BCUT2D eigenvalue weighted by atomic mass is 10.1. The normalized spacial score (nSPS) is 10.7. The molecule has 0 aliphatic heterocycles. The van der Waals surface area contributed by atoms with Crippen LogP contribution in [0.1, 0.15) is 5.56 Å². The average molecular weight is 401 g/mol. The van der Waals surface area contributed by atoms with E-state index in [-0.39, 0.29) is 5.91 Å². The number of hydrogen-bond donors (Lipinski definition) is 3. The quantitative estimate of drug-likeness (QED) is 0.393. The highest BCUT2D eigenvalue weighted by molar-refractivity contribution is 5.89. The number of amides is 1. The fourth-order valence-electron chi connectivity index (χ4n) is 3.27. The lowest BCUT2D eigenvalue weighted by Crippen LogP contribution is -2.30. The van der Waals surface area contributed by atoms with E-state index in [1.165, 1.54) is 0 Å². The highest BCUT2D eigenvalue weighted by atomic mass is 16.1. The molecule has 0 radical (unpaired) electrons. The molecule has 3 aromatic heterocycles. The second-order valence-electron chi connectivity index (χ2n) is 6.90. The molecule has 8 nitrogen and oxygen atoms in total. The number of pyridine rings is 1. The minimum absolute atomic E-state index is 0.00358. The predicted octanol–water partition coefficient (Wildman–Crippen LogP) is 2.88. The predicted molar refractivity (Wildman–Crippen MR) is 118 cm³/mol. The van der Waals surface area contributed by atoms with E-state index in [0.717, 1.165) is 22.2 Å². The van der Waals surface area contributed by atoms with Crippen molar-refractivity contribution in [3.8, 4) is 0 Å². The monoisotopic (exact) mass is 401 g/mol. The third-order valence-electron chi connectivity index (χ3n) is 4.70. The molecule has 0 saturated carbocycles. The van der Waals surface area contributed by atoms with E-state index < -0.39 is 0 Å². The van der Waals surface area contributed by atoms with Crippen LogP contribution in [-0.4, -0.2) is 38.7 Å². The number of rotatable bonds is 8. The SMILES string of the molecule is Cn1cc(CC(=O)NCCNc2ccc(Nc3ccncc3)nn2)c2ccccc21. The van der Waals surface area contributed by atoms with Crippen molar-refractivity contribution in [3.63, 3.8) is 0 Å². The molecular weight excluding hydrogens is 378 g/mol. The Kier molecular flexibility index (Phi) is 5.84. The molecule has 1 aromatic carbocycles. The van der Waals surface area contributed by atoms with Gasteiger partial charge in [0, 0.05) is 55.3 Å². The molecule has 30 heavy (non-hydrogen) atoms. The summed E-state index contributed by atoms with van der Waals surface area (Å²) in [5.74, 6) is 1.30. The molecule has 4 rings (SSSR count). The van der Waals surface area contributed by atoms with Crippen LogP contribution in [0.3, 0.4) is 0 Å². The van der Waals surface area contributed by atoms with Gasteiger partial charge in [0.05, 0.1) is 6.42 Å². The highest BCUT2D eigenvalue weighted by Crippen LogP contribution is 2.20. The largest absolute Gasteiger partial charge is 0.367 e. The number of aryl methyl sites for hydroxylation is 1. The van der Waals surface area contributed by atoms with Crippen LogP contribution in [0.2, 0.25) is 0 Å². The summed E-state index contributed by atoms with van der Waals surface area (Å²) in [4.78, 5) is 16.3. The Morgan fingerprint density at radius 2 is 1.73 bits per heavy atom. The van der Waals surface area contributed by atoms with Gasteiger partial charge in [-0.1, -0.05) is 18.2 Å². The van der Waals surface area contributed by atoms with Crippen LogP contribution < -0.4 is 16.0 Å². The van der Waals surface area contributed by atoms with E-state index >= 15 is 0 Å². The fourth-order valence-corrected chi connectivity index (χ4v) is 3.27. The van der Waals surface area contributed by atoms with Crippen molar-refractivity contribution in [2.24, 2.45) is 7.05 Å². The second kappa shape index (κ2) is 9.04. The first kappa shape index (κ1) is 19.4. The summed E-state index contributed by atoms with van der Waals surface area (Å²) in [6.07, 6.45) is 5.79. The highest BCUT2D eigenvalue weighted by Gasteiger charge is 2.10. The first-order valence-corrected chi connectivity index (χ1v) is 9.73. The third kappa shape index (κ3) is 4.72. The lowest BCUT2D eigenvalue weighted by molar-refractivity contribution is -0.120. The van der Waals surface area contributed by atoms with Crippen molar-refractivity contribution in [2.45, 2.75) is 6.42 Å². The van der Waals surface area contributed by atoms with Crippen molar-refractivity contribution in [3.05, 3.63) is 72.7 Å². The van der Waals surface area contributed by atoms with Gasteiger partial charge in [0.25, 0.3) is 0 Å². The van der Waals surface area contributed by atoms with Gasteiger partial charge in [0.1, 0.15) is 5.82 Å². The Morgan fingerprint density at radius 1 is 0.967 bits per heavy atom. The molecule has 8 heteroatoms. The number of aromatic nitrogens is 4. The van der Waals surface area contributed by atoms with Crippen LogP contribution in [0.15, 0.2) is 67.1 Å². The zero-order chi connectivity index (χ0) is 20.8. The zero-order valence-corrected chi connectivity index (χ0v) is 16.7. The fraction of sp³-hybridized carbons (Fsp3) is 0.182. The van der Waals surface area contributed by atoms with Gasteiger partial charge < -0.3 is 20.5 Å². The minimum Gasteiger partial charge on any atom is -0.367 e. The summed E-state index contributed by atoms with van der Waals surface area (Å²) in [6.45, 7) is 1.06. The summed E-state index contributed by atoms with van der Waals surface area (Å²) in [6, 6.07) is 15.5. The summed E-state index contributed by atoms with van der Waals surface area (Å²) >= 11 is 0. The van der Waals surface area contributed by atoms with E-state index in [4.69, 9.17) is 0 Å². The Morgan fingerprint density at radius 3 is 2.53 bits per heavy atom. The molecule has 3 heterocycles. The number of hydrogen-bond acceptors (Lipinski definition) is 6. The van der Waals surface area contributed by atoms with Crippen molar-refractivity contribution < 1.29 is 4.79 Å². The first-order valence-electron chi connectivity index (χ1n) is 9.73.